The molecule has 1 aliphatic rings. The van der Waals surface area contributed by atoms with Crippen LogP contribution in [0.5, 0.6) is 5.75 Å². The Morgan fingerprint density at radius 2 is 1.96 bits per heavy atom. The van der Waals surface area contributed by atoms with E-state index in [-0.39, 0.29) is 22.6 Å². The largest absolute Gasteiger partial charge is 0.485 e. The highest BCUT2D eigenvalue weighted by Gasteiger charge is 2.47. The Bertz CT molecular complexity index is 855. The first kappa shape index (κ1) is 22.4. The molecule has 0 unspecified atom stereocenters. The van der Waals surface area contributed by atoms with E-state index < -0.39 is 40.0 Å². The fourth-order valence-electron chi connectivity index (χ4n) is 3.08. The Hall–Kier alpha value is -1.85. The molecule has 0 saturated heterocycles. The monoisotopic (exact) mass is 424 g/mol. The van der Waals surface area contributed by atoms with E-state index in [4.69, 9.17) is 4.74 Å². The molecule has 0 bridgehead atoms. The van der Waals surface area contributed by atoms with Gasteiger partial charge in [0.25, 0.3) is 5.91 Å². The van der Waals surface area contributed by atoms with Gasteiger partial charge in [-0.3, -0.25) is 10.1 Å². The van der Waals surface area contributed by atoms with E-state index >= 15 is 0 Å². The molecule has 2 N–H and O–H groups in total. The van der Waals surface area contributed by atoms with Crippen LogP contribution in [0.25, 0.3) is 0 Å². The number of hydrogen-bond donors (Lipinski definition) is 2. The van der Waals surface area contributed by atoms with Crippen LogP contribution in [0, 0.1) is 0 Å². The zero-order chi connectivity index (χ0) is 21.5. The Kier molecular flexibility index (Phi) is 6.03. The van der Waals surface area contributed by atoms with Crippen LogP contribution in [0.4, 0.5) is 13.2 Å². The summed E-state index contributed by atoms with van der Waals surface area (Å²) in [6, 6.07) is 2.42. The van der Waals surface area contributed by atoms with Crippen LogP contribution in [0.15, 0.2) is 18.2 Å². The number of nitrogens with one attached hydrogen (secondary N) is 1. The smallest absolute Gasteiger partial charge is 0.484 e. The third-order valence-corrected chi connectivity index (χ3v) is 6.55. The Morgan fingerprint density at radius 1 is 1.36 bits per heavy atom. The van der Waals surface area contributed by atoms with Crippen LogP contribution < -0.4 is 10.1 Å². The van der Waals surface area contributed by atoms with Crippen molar-refractivity contribution in [3.63, 3.8) is 0 Å². The van der Waals surface area contributed by atoms with Crippen molar-refractivity contribution in [1.29, 1.82) is 0 Å². The second-order valence-corrected chi connectivity index (χ2v) is 9.28. The SMILES string of the molecule is CCCS(=O)(=O)N(C)[C@H]1c2cc(C(=O)NC(F)(F)F)ccc2OC(C)(C)[C@@H]1O. The highest BCUT2D eigenvalue weighted by Crippen LogP contribution is 2.43. The molecular formula is C17H23F3N2O5S. The number of rotatable bonds is 5. The normalized spacial score (nSPS) is 21.8. The minimum Gasteiger partial charge on any atom is -0.485 e. The number of aliphatic hydroxyl groups excluding tert-OH is 1. The second kappa shape index (κ2) is 7.53. The number of carbonyl (C=O) groups is 1. The summed E-state index contributed by atoms with van der Waals surface area (Å²) in [6.07, 6.45) is -5.89. The van der Waals surface area contributed by atoms with E-state index in [1.807, 2.05) is 0 Å². The lowest BCUT2D eigenvalue weighted by Gasteiger charge is -2.44. The fourth-order valence-corrected chi connectivity index (χ4v) is 4.46. The van der Waals surface area contributed by atoms with Gasteiger partial charge in [0.1, 0.15) is 17.5 Å². The molecule has 1 aromatic rings. The standard InChI is InChI=1S/C17H23F3N2O5S/c1-5-8-28(25,26)22(4)13-11-9-10(15(24)21-17(18,19)20)6-7-12(11)27-16(2,3)14(13)23/h6-7,9,13-14,23H,5,8H2,1-4H3,(H,21,24)/t13-,14+/m0/s1. The molecule has 1 aliphatic heterocycles. The van der Waals surface area contributed by atoms with Crippen molar-refractivity contribution in [2.75, 3.05) is 12.8 Å². The number of alkyl halides is 3. The van der Waals surface area contributed by atoms with Gasteiger partial charge in [-0.25, -0.2) is 8.42 Å². The molecule has 0 aromatic heterocycles. The van der Waals surface area contributed by atoms with Crippen molar-refractivity contribution in [2.45, 2.75) is 51.2 Å². The van der Waals surface area contributed by atoms with Crippen LogP contribution in [0.2, 0.25) is 0 Å². The van der Waals surface area contributed by atoms with Crippen LogP contribution in [0.1, 0.15) is 49.2 Å². The summed E-state index contributed by atoms with van der Waals surface area (Å²) in [5.74, 6) is -1.38. The fraction of sp³-hybridized carbons (Fsp3) is 0.588. The van der Waals surface area contributed by atoms with Gasteiger partial charge in [-0.2, -0.15) is 17.5 Å². The molecule has 158 valence electrons. The molecular weight excluding hydrogens is 401 g/mol. The van der Waals surface area contributed by atoms with Gasteiger partial charge in [-0.05, 0) is 38.5 Å². The highest BCUT2D eigenvalue weighted by molar-refractivity contribution is 7.89. The van der Waals surface area contributed by atoms with Crippen molar-refractivity contribution in [1.82, 2.24) is 9.62 Å². The lowest BCUT2D eigenvalue weighted by molar-refractivity contribution is -0.146. The molecule has 11 heteroatoms. The number of halogens is 3. The second-order valence-electron chi connectivity index (χ2n) is 7.13. The van der Waals surface area contributed by atoms with Gasteiger partial charge in [0.05, 0.1) is 11.8 Å². The van der Waals surface area contributed by atoms with Gasteiger partial charge in [-0.1, -0.05) is 6.92 Å². The van der Waals surface area contributed by atoms with Crippen molar-refractivity contribution >= 4 is 15.9 Å². The number of carbonyl (C=O) groups excluding carboxylic acids is 1. The van der Waals surface area contributed by atoms with E-state index in [1.54, 1.807) is 20.8 Å². The van der Waals surface area contributed by atoms with Gasteiger partial charge in [0, 0.05) is 18.2 Å². The number of benzene rings is 1. The summed E-state index contributed by atoms with van der Waals surface area (Å²) >= 11 is 0. The van der Waals surface area contributed by atoms with Gasteiger partial charge >= 0.3 is 6.30 Å². The van der Waals surface area contributed by atoms with Gasteiger partial charge in [0.2, 0.25) is 10.0 Å². The minimum absolute atomic E-state index is 0.115. The zero-order valence-electron chi connectivity index (χ0n) is 15.9. The maximum atomic E-state index is 12.5. The lowest BCUT2D eigenvalue weighted by atomic mass is 9.86. The number of fused-ring (bicyclic) bond motifs is 1. The van der Waals surface area contributed by atoms with Crippen molar-refractivity contribution in [2.24, 2.45) is 0 Å². The molecule has 0 radical (unpaired) electrons. The van der Waals surface area contributed by atoms with E-state index in [9.17, 15) is 31.5 Å². The Labute approximate surface area is 161 Å². The number of amides is 1. The third-order valence-electron chi connectivity index (χ3n) is 4.52. The van der Waals surface area contributed by atoms with Crippen molar-refractivity contribution in [3.05, 3.63) is 29.3 Å². The Morgan fingerprint density at radius 3 is 2.50 bits per heavy atom. The van der Waals surface area contributed by atoms with Gasteiger partial charge in [0.15, 0.2) is 0 Å². The minimum atomic E-state index is -4.91. The topological polar surface area (TPSA) is 95.9 Å². The summed E-state index contributed by atoms with van der Waals surface area (Å²) in [6.45, 7) is 4.82. The lowest BCUT2D eigenvalue weighted by Crippen LogP contribution is -2.54. The maximum absolute atomic E-state index is 12.5. The van der Waals surface area contributed by atoms with Crippen LogP contribution in [-0.2, 0) is 10.0 Å². The summed E-state index contributed by atoms with van der Waals surface area (Å²) in [5, 5.41) is 11.6. The molecule has 0 saturated carbocycles. The summed E-state index contributed by atoms with van der Waals surface area (Å²) < 4.78 is 69.1. The predicted octanol–water partition coefficient (Wildman–Crippen LogP) is 2.18. The number of ether oxygens (including phenoxy) is 1. The van der Waals surface area contributed by atoms with Crippen LogP contribution >= 0.6 is 0 Å². The highest BCUT2D eigenvalue weighted by atomic mass is 32.2. The third kappa shape index (κ3) is 4.58. The van der Waals surface area contributed by atoms with Crippen molar-refractivity contribution < 1.29 is 36.2 Å². The number of likely N-dealkylation sites (N-methyl/N-ethyl adjacent to an activating group) is 1. The average Bonchev–Trinajstić information content (AvgIpc) is 2.53. The maximum Gasteiger partial charge on any atom is 0.484 e. The van der Waals surface area contributed by atoms with Gasteiger partial charge < -0.3 is 9.84 Å². The van der Waals surface area contributed by atoms with E-state index in [2.05, 4.69) is 0 Å². The summed E-state index contributed by atoms with van der Waals surface area (Å²) in [5.41, 5.74) is -1.38. The van der Waals surface area contributed by atoms with Crippen LogP contribution in [-0.4, -0.2) is 54.5 Å². The molecule has 0 aliphatic carbocycles. The van der Waals surface area contributed by atoms with E-state index in [1.165, 1.54) is 13.1 Å². The molecule has 28 heavy (non-hydrogen) atoms. The van der Waals surface area contributed by atoms with Crippen LogP contribution in [0.3, 0.4) is 0 Å². The van der Waals surface area contributed by atoms with Crippen molar-refractivity contribution in [3.8, 4) is 5.75 Å². The van der Waals surface area contributed by atoms with E-state index in [0.29, 0.717) is 6.42 Å². The number of nitrogens with zero attached hydrogens (tertiary/aromatic N) is 1. The molecule has 2 atom stereocenters. The molecule has 2 rings (SSSR count). The number of hydrogen-bond acceptors (Lipinski definition) is 5. The van der Waals surface area contributed by atoms with Gasteiger partial charge in [-0.15, -0.1) is 0 Å². The Balaban J connectivity index is 2.55. The molecule has 1 amide bonds. The molecule has 0 spiro atoms. The number of sulfonamides is 1. The predicted molar refractivity (Wildman–Crippen MR) is 95.3 cm³/mol. The molecule has 0 fully saturated rings. The molecule has 1 heterocycles. The number of aliphatic hydroxyl groups is 1. The summed E-state index contributed by atoms with van der Waals surface area (Å²) in [7, 11) is -2.48. The average molecular weight is 424 g/mol. The first-order chi connectivity index (χ1) is 12.7. The summed E-state index contributed by atoms with van der Waals surface area (Å²) in [4.78, 5) is 11.9. The van der Waals surface area contributed by atoms with E-state index in [0.717, 1.165) is 21.8 Å². The molecule has 1 aromatic carbocycles. The molecule has 7 nitrogen and oxygen atoms in total. The zero-order valence-corrected chi connectivity index (χ0v) is 16.7. The quantitative estimate of drug-likeness (QED) is 0.707. The first-order valence-corrected chi connectivity index (χ1v) is 10.2. The first-order valence-electron chi connectivity index (χ1n) is 8.55.